The molecule has 66 heavy (non-hydrogen) atoms. The van der Waals surface area contributed by atoms with Crippen LogP contribution in [0.3, 0.4) is 0 Å². The van der Waals surface area contributed by atoms with Crippen LogP contribution in [0, 0.1) is 13.8 Å². The number of fused-ring (bicyclic) bond motifs is 2. The van der Waals surface area contributed by atoms with Crippen LogP contribution < -0.4 is 15.4 Å². The van der Waals surface area contributed by atoms with E-state index in [1.807, 2.05) is 24.3 Å². The number of hydrogen-bond acceptors (Lipinski definition) is 17. The molecule has 0 atom stereocenters. The molecule has 0 saturated heterocycles. The lowest BCUT2D eigenvalue weighted by Gasteiger charge is -2.27. The van der Waals surface area contributed by atoms with Crippen molar-refractivity contribution in [1.29, 1.82) is 0 Å². The van der Waals surface area contributed by atoms with Gasteiger partial charge < -0.3 is 34.6 Å². The van der Waals surface area contributed by atoms with Crippen molar-refractivity contribution in [3.8, 4) is 5.75 Å². The van der Waals surface area contributed by atoms with E-state index in [-0.39, 0.29) is 80.7 Å². The van der Waals surface area contributed by atoms with E-state index in [0.29, 0.717) is 72.5 Å². The molecule has 19 heteroatoms. The number of allylic oxidation sites excluding steroid dienone is 2. The second-order valence-electron chi connectivity index (χ2n) is 15.1. The molecule has 2 aromatic heterocycles. The summed E-state index contributed by atoms with van der Waals surface area (Å²) < 4.78 is 16.1. The van der Waals surface area contributed by atoms with Gasteiger partial charge in [0.15, 0.2) is 0 Å². The number of carbonyl (C=O) groups is 6. The molecule has 17 nitrogen and oxygen atoms in total. The van der Waals surface area contributed by atoms with Gasteiger partial charge >= 0.3 is 11.9 Å². The Balaban J connectivity index is 1.32. The number of nitrogens with zero attached hydrogens (tertiary/aromatic N) is 6. The van der Waals surface area contributed by atoms with Crippen LogP contribution in [0.4, 0.5) is 11.6 Å². The number of amides is 2. The molecular weight excluding hydrogens is 885 g/mol. The maximum atomic E-state index is 14.1. The summed E-state index contributed by atoms with van der Waals surface area (Å²) in [6, 6.07) is 14.2. The number of thioether (sulfide) groups is 2. The molecule has 4 heterocycles. The molecule has 2 aliphatic heterocycles. The number of nitrogens with one attached hydrogen (secondary N) is 2. The molecule has 2 aliphatic rings. The molecule has 2 aromatic carbocycles. The van der Waals surface area contributed by atoms with E-state index in [0.717, 1.165) is 29.1 Å². The smallest absolute Gasteiger partial charge is 0.302 e. The van der Waals surface area contributed by atoms with Gasteiger partial charge in [-0.2, -0.15) is 0 Å². The summed E-state index contributed by atoms with van der Waals surface area (Å²) in [5.74, 6) is 1.08. The Morgan fingerprint density at radius 1 is 0.758 bits per heavy atom. The third-order valence-corrected chi connectivity index (χ3v) is 12.4. The highest BCUT2D eigenvalue weighted by molar-refractivity contribution is 8.17. The quantitative estimate of drug-likeness (QED) is 0.0902. The van der Waals surface area contributed by atoms with Crippen LogP contribution in [-0.4, -0.2) is 97.1 Å². The van der Waals surface area contributed by atoms with Crippen molar-refractivity contribution in [2.45, 2.75) is 67.0 Å². The van der Waals surface area contributed by atoms with E-state index in [1.165, 1.54) is 27.0 Å². The fourth-order valence-electron chi connectivity index (χ4n) is 7.04. The molecule has 2 N–H and O–H groups in total. The predicted molar refractivity (Wildman–Crippen MR) is 251 cm³/mol. The third kappa shape index (κ3) is 13.1. The molecule has 0 saturated carbocycles. The Labute approximate surface area is 390 Å². The van der Waals surface area contributed by atoms with Crippen LogP contribution in [-0.2, 0) is 53.0 Å². The highest BCUT2D eigenvalue weighted by atomic mass is 32.2. The summed E-state index contributed by atoms with van der Waals surface area (Å²) >= 11 is 1.86. The minimum Gasteiger partial charge on any atom is -0.496 e. The van der Waals surface area contributed by atoms with Gasteiger partial charge in [0.05, 0.1) is 52.1 Å². The van der Waals surface area contributed by atoms with Crippen molar-refractivity contribution < 1.29 is 43.0 Å². The van der Waals surface area contributed by atoms with Crippen molar-refractivity contribution in [3.05, 3.63) is 128 Å². The van der Waals surface area contributed by atoms with Crippen molar-refractivity contribution >= 4 is 75.2 Å². The SMILES string of the molecule is COc1ccccc1C(=O)S/C(CCOC(C)=O)=C(/Cc1cccc(/C=C/C(=O)S/C(CCOC(C)=O)=C(/C)N2Cc3cnc(C)nc3NCC2=O)c1)N1Cc2cnc(C)nc2NCC1=O. The number of rotatable bonds is 16. The number of hydrogen-bond donors (Lipinski definition) is 2. The van der Waals surface area contributed by atoms with E-state index in [1.54, 1.807) is 73.3 Å². The van der Waals surface area contributed by atoms with Crippen LogP contribution in [0.25, 0.3) is 6.08 Å². The molecule has 0 fully saturated rings. The molecule has 0 bridgehead atoms. The largest absolute Gasteiger partial charge is 0.496 e. The molecule has 4 aromatic rings. The van der Waals surface area contributed by atoms with Crippen LogP contribution in [0.2, 0.25) is 0 Å². The highest BCUT2D eigenvalue weighted by Crippen LogP contribution is 2.36. The number of anilines is 2. The predicted octanol–water partition coefficient (Wildman–Crippen LogP) is 6.54. The first-order chi connectivity index (χ1) is 31.7. The maximum Gasteiger partial charge on any atom is 0.302 e. The number of benzene rings is 2. The lowest BCUT2D eigenvalue weighted by molar-refractivity contribution is -0.141. The highest BCUT2D eigenvalue weighted by Gasteiger charge is 2.29. The zero-order chi connectivity index (χ0) is 47.3. The van der Waals surface area contributed by atoms with Crippen LogP contribution in [0.5, 0.6) is 5.75 Å². The molecule has 0 aliphatic carbocycles. The first-order valence-corrected chi connectivity index (χ1v) is 22.6. The van der Waals surface area contributed by atoms with E-state index >= 15 is 0 Å². The molecule has 0 radical (unpaired) electrons. The van der Waals surface area contributed by atoms with Gasteiger partial charge in [0.1, 0.15) is 29.0 Å². The van der Waals surface area contributed by atoms with Gasteiger partial charge in [0.25, 0.3) is 0 Å². The normalized spacial score (nSPS) is 14.4. The fraction of sp³-hybridized carbons (Fsp3) is 0.319. The Morgan fingerprint density at radius 3 is 1.97 bits per heavy atom. The van der Waals surface area contributed by atoms with Gasteiger partial charge in [-0.15, -0.1) is 0 Å². The third-order valence-electron chi connectivity index (χ3n) is 10.3. The Morgan fingerprint density at radius 2 is 1.35 bits per heavy atom. The zero-order valence-electron chi connectivity index (χ0n) is 37.5. The lowest BCUT2D eigenvalue weighted by atomic mass is 10.0. The van der Waals surface area contributed by atoms with Gasteiger partial charge in [-0.05, 0) is 73.6 Å². The Hall–Kier alpha value is -6.86. The van der Waals surface area contributed by atoms with Gasteiger partial charge in [-0.3, -0.25) is 28.8 Å². The minimum absolute atomic E-state index is 0.00252. The first-order valence-electron chi connectivity index (χ1n) is 20.9. The number of ether oxygens (including phenoxy) is 3. The van der Waals surface area contributed by atoms with Crippen LogP contribution in [0.1, 0.15) is 77.9 Å². The van der Waals surface area contributed by atoms with Crippen LogP contribution >= 0.6 is 23.5 Å². The summed E-state index contributed by atoms with van der Waals surface area (Å²) in [5, 5.41) is 5.53. The topological polar surface area (TPSA) is 212 Å². The summed E-state index contributed by atoms with van der Waals surface area (Å²) in [6.45, 7) is 7.99. The lowest BCUT2D eigenvalue weighted by Crippen LogP contribution is -2.34. The second-order valence-corrected chi connectivity index (χ2v) is 17.2. The van der Waals surface area contributed by atoms with Gasteiger partial charge in [0, 0.05) is 77.8 Å². The number of methoxy groups -OCH3 is 1. The van der Waals surface area contributed by atoms with Crippen molar-refractivity contribution in [2.75, 3.05) is 44.0 Å². The summed E-state index contributed by atoms with van der Waals surface area (Å²) in [6.07, 6.45) is 6.88. The summed E-state index contributed by atoms with van der Waals surface area (Å²) in [5.41, 5.74) is 4.15. The molecule has 2 amide bonds. The maximum absolute atomic E-state index is 14.1. The Bertz CT molecular complexity index is 2630. The van der Waals surface area contributed by atoms with Gasteiger partial charge in [-0.1, -0.05) is 42.5 Å². The van der Waals surface area contributed by atoms with Crippen molar-refractivity contribution in [3.63, 3.8) is 0 Å². The van der Waals surface area contributed by atoms with Crippen LogP contribution in [0.15, 0.2) is 88.2 Å². The number of aromatic nitrogens is 4. The number of aryl methyl sites for hydroxylation is 2. The van der Waals surface area contributed by atoms with Gasteiger partial charge in [-0.25, -0.2) is 19.9 Å². The average molecular weight is 935 g/mol. The van der Waals surface area contributed by atoms with Crippen molar-refractivity contribution in [1.82, 2.24) is 29.7 Å². The second kappa shape index (κ2) is 22.9. The molecule has 344 valence electrons. The van der Waals surface area contributed by atoms with E-state index in [2.05, 4.69) is 30.6 Å². The summed E-state index contributed by atoms with van der Waals surface area (Å²) in [4.78, 5) is 101. The van der Waals surface area contributed by atoms with Crippen molar-refractivity contribution in [2.24, 2.45) is 0 Å². The van der Waals surface area contributed by atoms with Gasteiger partial charge in [0.2, 0.25) is 22.0 Å². The molecule has 0 unspecified atom stereocenters. The number of esters is 2. The number of carbonyl (C=O) groups excluding carboxylic acids is 6. The van der Waals surface area contributed by atoms with E-state index in [9.17, 15) is 28.8 Å². The average Bonchev–Trinajstić information content (AvgIpc) is 3.56. The fourth-order valence-corrected chi connectivity index (χ4v) is 8.85. The number of para-hydroxylation sites is 1. The zero-order valence-corrected chi connectivity index (χ0v) is 39.1. The van der Waals surface area contributed by atoms with E-state index in [4.69, 9.17) is 14.2 Å². The van der Waals surface area contributed by atoms with E-state index < -0.39 is 11.9 Å². The Kier molecular flexibility index (Phi) is 16.8. The molecule has 0 spiro atoms. The molecular formula is C47H50N8O9S2. The minimum atomic E-state index is -0.494. The standard InChI is InChI=1S/C47H50N8O9S2/c1-28(54-26-35-22-48-29(2)52-45(35)50-24-42(54)58)40(16-18-63-31(4)56)65-44(60)15-14-33-10-9-11-34(20-33)21-38(55-27-36-23-49-30(3)53-46(36)51-25-43(55)59)41(17-19-64-32(5)57)66-47(61)37-12-7-8-13-39(37)62-6/h7-15,20,22-23H,16-19,21,24-27H2,1-6H3,(H,48,50,52)(H,49,51,53)/b15-14+,40-28-,41-38-. The first kappa shape index (κ1) is 48.6. The monoisotopic (exact) mass is 934 g/mol. The molecule has 6 rings (SSSR count). The summed E-state index contributed by atoms with van der Waals surface area (Å²) in [7, 11) is 1.48.